The Morgan fingerprint density at radius 1 is 1.53 bits per heavy atom. The molecule has 1 aromatic rings. The van der Waals surface area contributed by atoms with Crippen molar-refractivity contribution in [3.8, 4) is 12.3 Å². The Balaban J connectivity index is 2.47. The van der Waals surface area contributed by atoms with E-state index in [0.29, 0.717) is 5.69 Å². The average molecular weight is 345 g/mol. The lowest BCUT2D eigenvalue weighted by Crippen LogP contribution is -2.30. The number of alkyl halides is 1. The van der Waals surface area contributed by atoms with E-state index in [2.05, 4.69) is 11.2 Å². The Morgan fingerprint density at radius 3 is 2.76 bits per heavy atom. The van der Waals surface area contributed by atoms with E-state index in [4.69, 9.17) is 15.9 Å². The number of hydrogen-bond donors (Lipinski definition) is 1. The van der Waals surface area contributed by atoms with Crippen molar-refractivity contribution in [2.45, 2.75) is 10.7 Å². The summed E-state index contributed by atoms with van der Waals surface area (Å²) >= 11 is 1.86. The van der Waals surface area contributed by atoms with Crippen LogP contribution in [0.2, 0.25) is 0 Å². The van der Waals surface area contributed by atoms with Crippen LogP contribution in [0.1, 0.15) is 6.92 Å². The smallest absolute Gasteiger partial charge is 0.407 e. The van der Waals surface area contributed by atoms with E-state index in [1.165, 1.54) is 0 Å². The molecular formula is C12H12INO3. The molecule has 0 aliphatic carbocycles. The van der Waals surface area contributed by atoms with Gasteiger partial charge in [-0.15, -0.1) is 6.42 Å². The number of nitrogens with one attached hydrogen (secondary N) is 1. The third kappa shape index (κ3) is 5.56. The topological polar surface area (TPSA) is 47.6 Å². The molecule has 0 aliphatic rings. The molecule has 1 N–H and O–H groups in total. The number of benzene rings is 1. The number of hydrogen-bond acceptors (Lipinski definition) is 3. The van der Waals surface area contributed by atoms with Crippen molar-refractivity contribution in [3.05, 3.63) is 30.3 Å². The van der Waals surface area contributed by atoms with Gasteiger partial charge in [0.2, 0.25) is 0 Å². The lowest BCUT2D eigenvalue weighted by atomic mass is 10.3. The molecule has 0 fully saturated rings. The first-order valence-electron chi connectivity index (χ1n) is 4.85. The van der Waals surface area contributed by atoms with E-state index in [1.807, 2.05) is 40.8 Å². The van der Waals surface area contributed by atoms with Gasteiger partial charge in [0.05, 0.1) is 0 Å². The molecular weight excluding hydrogens is 333 g/mol. The van der Waals surface area contributed by atoms with Gasteiger partial charge in [-0.2, -0.15) is 0 Å². The van der Waals surface area contributed by atoms with Crippen molar-refractivity contribution in [1.29, 1.82) is 0 Å². The summed E-state index contributed by atoms with van der Waals surface area (Å²) in [5.41, 5.74) is 0.654. The number of carbonyl (C=O) groups is 1. The lowest BCUT2D eigenvalue weighted by Gasteiger charge is -2.22. The normalized spacial score (nSPS) is 13.2. The van der Waals surface area contributed by atoms with E-state index >= 15 is 0 Å². The minimum atomic E-state index is -1.08. The summed E-state index contributed by atoms with van der Waals surface area (Å²) in [7, 11) is 0. The zero-order valence-electron chi connectivity index (χ0n) is 9.27. The van der Waals surface area contributed by atoms with Crippen molar-refractivity contribution in [1.82, 2.24) is 0 Å². The Kier molecular flexibility index (Phi) is 5.25. The van der Waals surface area contributed by atoms with E-state index in [0.717, 1.165) is 0 Å². The summed E-state index contributed by atoms with van der Waals surface area (Å²) in [5, 5.41) is 2.58. The fourth-order valence-corrected chi connectivity index (χ4v) is 1.39. The molecule has 0 radical (unpaired) electrons. The first-order chi connectivity index (χ1) is 8.03. The predicted molar refractivity (Wildman–Crippen MR) is 73.8 cm³/mol. The molecule has 17 heavy (non-hydrogen) atoms. The third-order valence-corrected chi connectivity index (χ3v) is 2.24. The van der Waals surface area contributed by atoms with Gasteiger partial charge in [0, 0.05) is 35.2 Å². The monoisotopic (exact) mass is 345 g/mol. The minimum absolute atomic E-state index is 0.0814. The van der Waals surface area contributed by atoms with Crippen LogP contribution in [-0.2, 0) is 9.47 Å². The number of halogens is 1. The second kappa shape index (κ2) is 6.47. The highest BCUT2D eigenvalue weighted by Gasteiger charge is 2.25. The van der Waals surface area contributed by atoms with Gasteiger partial charge >= 0.3 is 6.09 Å². The molecule has 0 spiro atoms. The minimum Gasteiger partial charge on any atom is -0.407 e. The highest BCUT2D eigenvalue weighted by atomic mass is 127. The van der Waals surface area contributed by atoms with Crippen LogP contribution in [0.4, 0.5) is 10.5 Å². The number of rotatable bonds is 4. The summed E-state index contributed by atoms with van der Waals surface area (Å²) in [5.74, 6) is 2.31. The van der Waals surface area contributed by atoms with E-state index in [1.54, 1.807) is 19.1 Å². The Bertz CT molecular complexity index is 412. The Morgan fingerprint density at radius 2 is 2.18 bits per heavy atom. The summed E-state index contributed by atoms with van der Waals surface area (Å²) in [6.45, 7) is 1.69. The number of anilines is 1. The fourth-order valence-electron chi connectivity index (χ4n) is 1.03. The Hall–Kier alpha value is -1.26. The van der Waals surface area contributed by atoms with Crippen molar-refractivity contribution in [2.24, 2.45) is 0 Å². The van der Waals surface area contributed by atoms with Gasteiger partial charge in [-0.1, -0.05) is 24.1 Å². The largest absolute Gasteiger partial charge is 0.414 e. The number of amides is 1. The highest BCUT2D eigenvalue weighted by Crippen LogP contribution is 2.22. The van der Waals surface area contributed by atoms with Crippen LogP contribution in [0.3, 0.4) is 0 Å². The number of ether oxygens (including phenoxy) is 2. The van der Waals surface area contributed by atoms with Gasteiger partial charge in [0.25, 0.3) is 3.79 Å². The first-order valence-corrected chi connectivity index (χ1v) is 5.93. The molecule has 0 saturated carbocycles. The molecule has 1 aromatic carbocycles. The first kappa shape index (κ1) is 13.8. The van der Waals surface area contributed by atoms with Crippen LogP contribution in [0.5, 0.6) is 0 Å². The van der Waals surface area contributed by atoms with E-state index in [-0.39, 0.29) is 6.61 Å². The fraction of sp³-hybridized carbons (Fsp3) is 0.250. The van der Waals surface area contributed by atoms with Crippen LogP contribution in [0.15, 0.2) is 30.3 Å². The van der Waals surface area contributed by atoms with Crippen molar-refractivity contribution in [2.75, 3.05) is 11.9 Å². The quantitative estimate of drug-likeness (QED) is 0.395. The van der Waals surface area contributed by atoms with Crippen LogP contribution >= 0.6 is 22.6 Å². The summed E-state index contributed by atoms with van der Waals surface area (Å²) < 4.78 is 9.14. The third-order valence-electron chi connectivity index (χ3n) is 1.71. The average Bonchev–Trinajstić information content (AvgIpc) is 2.27. The van der Waals surface area contributed by atoms with Crippen LogP contribution in [0.25, 0.3) is 0 Å². The summed E-state index contributed by atoms with van der Waals surface area (Å²) in [6, 6.07) is 9.00. The van der Waals surface area contributed by atoms with Gasteiger partial charge in [-0.3, -0.25) is 5.32 Å². The highest BCUT2D eigenvalue weighted by molar-refractivity contribution is 14.1. The molecule has 1 unspecified atom stereocenters. The Labute approximate surface area is 114 Å². The summed E-state index contributed by atoms with van der Waals surface area (Å²) in [4.78, 5) is 11.5. The van der Waals surface area contributed by atoms with Gasteiger partial charge < -0.3 is 9.47 Å². The van der Waals surface area contributed by atoms with Gasteiger partial charge in [0.15, 0.2) is 0 Å². The molecule has 0 aliphatic heterocycles. The molecule has 5 heteroatoms. The van der Waals surface area contributed by atoms with Gasteiger partial charge in [0.1, 0.15) is 6.61 Å². The predicted octanol–water partition coefficient (Wildman–Crippen LogP) is 2.99. The van der Waals surface area contributed by atoms with Crippen LogP contribution < -0.4 is 5.32 Å². The van der Waals surface area contributed by atoms with E-state index < -0.39 is 9.89 Å². The molecule has 90 valence electrons. The number of terminal acetylenes is 1. The van der Waals surface area contributed by atoms with E-state index in [9.17, 15) is 4.79 Å². The molecule has 0 aromatic heterocycles. The molecule has 1 rings (SSSR count). The maximum absolute atomic E-state index is 11.5. The second-order valence-electron chi connectivity index (χ2n) is 3.21. The van der Waals surface area contributed by atoms with Gasteiger partial charge in [-0.25, -0.2) is 4.79 Å². The van der Waals surface area contributed by atoms with Crippen LogP contribution in [-0.4, -0.2) is 16.5 Å². The lowest BCUT2D eigenvalue weighted by molar-refractivity contribution is -0.0907. The molecule has 1 atom stereocenters. The summed E-state index contributed by atoms with van der Waals surface area (Å²) in [6.07, 6.45) is 4.46. The number of carbonyl (C=O) groups excluding carboxylic acids is 1. The second-order valence-corrected chi connectivity index (χ2v) is 5.17. The van der Waals surface area contributed by atoms with Crippen molar-refractivity contribution < 1.29 is 14.3 Å². The van der Waals surface area contributed by atoms with Crippen molar-refractivity contribution in [3.63, 3.8) is 0 Å². The molecule has 1 amide bonds. The zero-order chi connectivity index (χ0) is 12.7. The maximum Gasteiger partial charge on any atom is 0.414 e. The maximum atomic E-state index is 11.5. The standard InChI is InChI=1S/C12H12INO3/c1-3-9-16-12(2,13)17-11(15)14-10-7-5-4-6-8-10/h1,4-8H,9H2,2H3,(H,14,15). The molecule has 0 heterocycles. The SMILES string of the molecule is C#CCOC(C)(I)OC(=O)Nc1ccccc1. The molecule has 4 nitrogen and oxygen atoms in total. The van der Waals surface area contributed by atoms with Crippen molar-refractivity contribution >= 4 is 34.4 Å². The zero-order valence-corrected chi connectivity index (χ0v) is 11.4. The number of para-hydroxylation sites is 1. The molecule has 0 bridgehead atoms. The van der Waals surface area contributed by atoms with Crippen LogP contribution in [0, 0.1) is 12.3 Å². The molecule has 0 saturated heterocycles. The van der Waals surface area contributed by atoms with Gasteiger partial charge in [-0.05, 0) is 12.1 Å².